The minimum Gasteiger partial charge on any atom is -0.394 e. The van der Waals surface area contributed by atoms with Gasteiger partial charge in [0.25, 0.3) is 0 Å². The number of amides is 1. The zero-order chi connectivity index (χ0) is 14.0. The molecule has 4 heteroatoms. The van der Waals surface area contributed by atoms with Crippen LogP contribution in [0.2, 0.25) is 0 Å². The minimum atomic E-state index is -0.502. The normalized spacial score (nSPS) is 24.0. The van der Waals surface area contributed by atoms with E-state index in [2.05, 4.69) is 37.1 Å². The number of rotatable bonds is 2. The highest BCUT2D eigenvalue weighted by Crippen LogP contribution is 2.28. The molecule has 19 heavy (non-hydrogen) atoms. The molecule has 2 unspecified atom stereocenters. The van der Waals surface area contributed by atoms with Crippen molar-refractivity contribution in [2.45, 2.75) is 39.3 Å². The number of aliphatic hydroxyl groups is 1. The van der Waals surface area contributed by atoms with E-state index >= 15 is 0 Å². The standard InChI is InChI=1S/C15H22N2O2/c1-10-5-4-6-13(12(10)3)17-11(2)7-8-16-15(19)14(17)9-18/h4-6,11,14,18H,7-9H2,1-3H3,(H,16,19). The summed E-state index contributed by atoms with van der Waals surface area (Å²) in [5, 5.41) is 12.5. The second kappa shape index (κ2) is 5.61. The molecule has 2 atom stereocenters. The minimum absolute atomic E-state index is 0.0900. The summed E-state index contributed by atoms with van der Waals surface area (Å²) in [5.41, 5.74) is 3.41. The molecular formula is C15H22N2O2. The number of aryl methyl sites for hydroxylation is 1. The zero-order valence-corrected chi connectivity index (χ0v) is 11.8. The van der Waals surface area contributed by atoms with Crippen LogP contribution in [0.25, 0.3) is 0 Å². The molecule has 104 valence electrons. The summed E-state index contributed by atoms with van der Waals surface area (Å²) in [6, 6.07) is 5.81. The van der Waals surface area contributed by atoms with E-state index in [0.29, 0.717) is 6.54 Å². The Bertz CT molecular complexity index is 473. The number of nitrogens with zero attached hydrogens (tertiary/aromatic N) is 1. The quantitative estimate of drug-likeness (QED) is 0.846. The zero-order valence-electron chi connectivity index (χ0n) is 11.8. The first-order valence-corrected chi connectivity index (χ1v) is 6.79. The number of carbonyl (C=O) groups is 1. The van der Waals surface area contributed by atoms with Gasteiger partial charge in [-0.05, 0) is 44.4 Å². The van der Waals surface area contributed by atoms with Gasteiger partial charge in [-0.3, -0.25) is 4.79 Å². The fourth-order valence-electron chi connectivity index (χ4n) is 2.69. The summed E-state index contributed by atoms with van der Waals surface area (Å²) < 4.78 is 0. The van der Waals surface area contributed by atoms with E-state index in [1.807, 2.05) is 12.1 Å². The van der Waals surface area contributed by atoms with E-state index < -0.39 is 6.04 Å². The monoisotopic (exact) mass is 262 g/mol. The van der Waals surface area contributed by atoms with Crippen LogP contribution in [0.15, 0.2) is 18.2 Å². The van der Waals surface area contributed by atoms with Crippen molar-refractivity contribution in [1.29, 1.82) is 0 Å². The summed E-state index contributed by atoms with van der Waals surface area (Å²) in [5.74, 6) is -0.0900. The topological polar surface area (TPSA) is 52.6 Å². The van der Waals surface area contributed by atoms with E-state index in [9.17, 15) is 9.90 Å². The Hall–Kier alpha value is -1.55. The number of benzene rings is 1. The second-order valence-corrected chi connectivity index (χ2v) is 5.25. The Morgan fingerprint density at radius 2 is 2.16 bits per heavy atom. The lowest BCUT2D eigenvalue weighted by atomic mass is 10.0. The van der Waals surface area contributed by atoms with Crippen molar-refractivity contribution in [2.75, 3.05) is 18.1 Å². The number of hydrogen-bond donors (Lipinski definition) is 2. The largest absolute Gasteiger partial charge is 0.394 e. The van der Waals surface area contributed by atoms with Crippen LogP contribution < -0.4 is 10.2 Å². The first-order chi connectivity index (χ1) is 9.06. The van der Waals surface area contributed by atoms with E-state index in [1.54, 1.807) is 0 Å². The Morgan fingerprint density at radius 1 is 1.42 bits per heavy atom. The maximum absolute atomic E-state index is 12.1. The lowest BCUT2D eigenvalue weighted by Crippen LogP contribution is -2.49. The molecule has 1 aromatic carbocycles. The molecule has 0 radical (unpaired) electrons. The van der Waals surface area contributed by atoms with Gasteiger partial charge in [-0.25, -0.2) is 0 Å². The molecule has 1 fully saturated rings. The molecule has 4 nitrogen and oxygen atoms in total. The highest BCUT2D eigenvalue weighted by atomic mass is 16.3. The first-order valence-electron chi connectivity index (χ1n) is 6.79. The maximum Gasteiger partial charge on any atom is 0.245 e. The van der Waals surface area contributed by atoms with Gasteiger partial charge in [-0.2, -0.15) is 0 Å². The van der Waals surface area contributed by atoms with Crippen molar-refractivity contribution < 1.29 is 9.90 Å². The van der Waals surface area contributed by atoms with Crippen molar-refractivity contribution in [3.8, 4) is 0 Å². The molecule has 0 spiro atoms. The third-order valence-electron chi connectivity index (χ3n) is 4.00. The van der Waals surface area contributed by atoms with Crippen LogP contribution in [0.3, 0.4) is 0 Å². The van der Waals surface area contributed by atoms with Gasteiger partial charge in [0.2, 0.25) is 5.91 Å². The first kappa shape index (κ1) is 13.9. The van der Waals surface area contributed by atoms with Crippen LogP contribution >= 0.6 is 0 Å². The van der Waals surface area contributed by atoms with Crippen molar-refractivity contribution in [3.05, 3.63) is 29.3 Å². The number of nitrogens with one attached hydrogen (secondary N) is 1. The van der Waals surface area contributed by atoms with E-state index in [4.69, 9.17) is 0 Å². The number of anilines is 1. The second-order valence-electron chi connectivity index (χ2n) is 5.25. The van der Waals surface area contributed by atoms with Gasteiger partial charge < -0.3 is 15.3 Å². The number of hydrogen-bond acceptors (Lipinski definition) is 3. The molecule has 0 aromatic heterocycles. The Labute approximate surface area is 114 Å². The predicted octanol–water partition coefficient (Wildman–Crippen LogP) is 1.38. The molecule has 1 amide bonds. The van der Waals surface area contributed by atoms with Crippen molar-refractivity contribution in [1.82, 2.24) is 5.32 Å². The molecule has 1 aliphatic heterocycles. The molecule has 1 heterocycles. The Balaban J connectivity index is 2.47. The summed E-state index contributed by atoms with van der Waals surface area (Å²) in [6.07, 6.45) is 0.885. The SMILES string of the molecule is Cc1cccc(N2C(C)CCNC(=O)C2CO)c1C. The fourth-order valence-corrected chi connectivity index (χ4v) is 2.69. The lowest BCUT2D eigenvalue weighted by molar-refractivity contribution is -0.122. The van der Waals surface area contributed by atoms with Crippen LogP contribution in [0, 0.1) is 13.8 Å². The van der Waals surface area contributed by atoms with Crippen LogP contribution in [0.4, 0.5) is 5.69 Å². The Kier molecular flexibility index (Phi) is 4.10. The van der Waals surface area contributed by atoms with Crippen molar-refractivity contribution in [2.24, 2.45) is 0 Å². The summed E-state index contributed by atoms with van der Waals surface area (Å²) in [6.45, 7) is 6.73. The fraction of sp³-hybridized carbons (Fsp3) is 0.533. The molecule has 0 bridgehead atoms. The van der Waals surface area contributed by atoms with Crippen molar-refractivity contribution in [3.63, 3.8) is 0 Å². The molecule has 0 saturated carbocycles. The van der Waals surface area contributed by atoms with E-state index in [-0.39, 0.29) is 18.6 Å². The molecule has 1 aromatic rings. The third-order valence-corrected chi connectivity index (χ3v) is 4.00. The number of aliphatic hydroxyl groups excluding tert-OH is 1. The van der Waals surface area contributed by atoms with Crippen LogP contribution in [-0.2, 0) is 4.79 Å². The average Bonchev–Trinajstić information content (AvgIpc) is 2.52. The highest BCUT2D eigenvalue weighted by molar-refractivity contribution is 5.86. The predicted molar refractivity (Wildman–Crippen MR) is 76.4 cm³/mol. The van der Waals surface area contributed by atoms with Gasteiger partial charge in [0, 0.05) is 18.3 Å². The summed E-state index contributed by atoms with van der Waals surface area (Å²) in [4.78, 5) is 14.1. The summed E-state index contributed by atoms with van der Waals surface area (Å²) >= 11 is 0. The van der Waals surface area contributed by atoms with E-state index in [0.717, 1.165) is 12.1 Å². The van der Waals surface area contributed by atoms with Crippen LogP contribution in [0.5, 0.6) is 0 Å². The molecular weight excluding hydrogens is 240 g/mol. The molecule has 1 aliphatic rings. The van der Waals surface area contributed by atoms with Gasteiger partial charge in [-0.15, -0.1) is 0 Å². The lowest BCUT2D eigenvalue weighted by Gasteiger charge is -2.35. The van der Waals surface area contributed by atoms with Gasteiger partial charge in [0.1, 0.15) is 6.04 Å². The van der Waals surface area contributed by atoms with E-state index in [1.165, 1.54) is 11.1 Å². The molecule has 2 rings (SSSR count). The third kappa shape index (κ3) is 2.59. The van der Waals surface area contributed by atoms with Gasteiger partial charge >= 0.3 is 0 Å². The molecule has 1 saturated heterocycles. The smallest absolute Gasteiger partial charge is 0.245 e. The van der Waals surface area contributed by atoms with Gasteiger partial charge in [0.15, 0.2) is 0 Å². The molecule has 2 N–H and O–H groups in total. The summed E-state index contributed by atoms with van der Waals surface area (Å²) in [7, 11) is 0. The van der Waals surface area contributed by atoms with Crippen LogP contribution in [-0.4, -0.2) is 36.2 Å². The van der Waals surface area contributed by atoms with Crippen molar-refractivity contribution >= 4 is 11.6 Å². The average molecular weight is 262 g/mol. The Morgan fingerprint density at radius 3 is 2.84 bits per heavy atom. The van der Waals surface area contributed by atoms with Gasteiger partial charge in [0.05, 0.1) is 6.61 Å². The maximum atomic E-state index is 12.1. The van der Waals surface area contributed by atoms with Gasteiger partial charge in [-0.1, -0.05) is 12.1 Å². The number of carbonyl (C=O) groups excluding carboxylic acids is 1. The van der Waals surface area contributed by atoms with Crippen LogP contribution in [0.1, 0.15) is 24.5 Å². The highest BCUT2D eigenvalue weighted by Gasteiger charge is 2.32. The molecule has 0 aliphatic carbocycles.